The lowest BCUT2D eigenvalue weighted by Crippen LogP contribution is -2.30. The zero-order valence-electron chi connectivity index (χ0n) is 14.5. The second-order valence-corrected chi connectivity index (χ2v) is 7.57. The zero-order chi connectivity index (χ0) is 18.5. The summed E-state index contributed by atoms with van der Waals surface area (Å²) in [6, 6.07) is 15.7. The number of rotatable bonds is 6. The Bertz CT molecular complexity index is 893. The molecule has 0 aliphatic rings. The van der Waals surface area contributed by atoms with Crippen molar-refractivity contribution >= 4 is 38.3 Å². The van der Waals surface area contributed by atoms with Gasteiger partial charge in [-0.1, -0.05) is 53.2 Å². The number of ether oxygens (including phenoxy) is 1. The molecule has 1 amide bonds. The van der Waals surface area contributed by atoms with Crippen LogP contribution in [-0.2, 0) is 11.2 Å². The molecule has 1 unspecified atom stereocenters. The minimum Gasteiger partial charge on any atom is -0.481 e. The lowest BCUT2D eigenvalue weighted by atomic mass is 10.1. The highest BCUT2D eigenvalue weighted by Crippen LogP contribution is 2.26. The lowest BCUT2D eigenvalue weighted by molar-refractivity contribution is -0.122. The molecule has 0 aliphatic carbocycles. The third-order valence-corrected chi connectivity index (χ3v) is 5.12. The largest absolute Gasteiger partial charge is 0.481 e. The van der Waals surface area contributed by atoms with Crippen molar-refractivity contribution in [2.45, 2.75) is 26.4 Å². The lowest BCUT2D eigenvalue weighted by Gasteiger charge is -2.13. The Kier molecular flexibility index (Phi) is 6.06. The van der Waals surface area contributed by atoms with Crippen LogP contribution < -0.4 is 10.1 Å². The number of halogens is 1. The number of nitrogens with zero attached hydrogens (tertiary/aromatic N) is 1. The van der Waals surface area contributed by atoms with Gasteiger partial charge in [0.25, 0.3) is 5.91 Å². The van der Waals surface area contributed by atoms with Gasteiger partial charge in [-0.25, -0.2) is 4.98 Å². The molecule has 3 rings (SSSR count). The first-order valence-corrected chi connectivity index (χ1v) is 10.0. The molecule has 4 nitrogen and oxygen atoms in total. The summed E-state index contributed by atoms with van der Waals surface area (Å²) in [5.74, 6) is 0.407. The second kappa shape index (κ2) is 8.47. The average molecular weight is 431 g/mol. The molecule has 0 saturated carbocycles. The molecule has 6 heteroatoms. The Balaban J connectivity index is 1.63. The highest BCUT2D eigenvalue weighted by molar-refractivity contribution is 9.10. The molecule has 0 aliphatic heterocycles. The first-order chi connectivity index (χ1) is 12.5. The molecule has 26 heavy (non-hydrogen) atoms. The fraction of sp³-hybridized carbons (Fsp3) is 0.200. The van der Waals surface area contributed by atoms with E-state index >= 15 is 0 Å². The number of aromatic nitrogens is 1. The van der Waals surface area contributed by atoms with Gasteiger partial charge in [-0.3, -0.25) is 10.1 Å². The summed E-state index contributed by atoms with van der Waals surface area (Å²) >= 11 is 4.79. The highest BCUT2D eigenvalue weighted by atomic mass is 79.9. The van der Waals surface area contributed by atoms with Crippen LogP contribution >= 0.6 is 27.3 Å². The molecule has 0 spiro atoms. The minimum absolute atomic E-state index is 0.229. The summed E-state index contributed by atoms with van der Waals surface area (Å²) in [5.41, 5.74) is 3.18. The van der Waals surface area contributed by atoms with E-state index in [0.717, 1.165) is 22.2 Å². The number of anilines is 1. The van der Waals surface area contributed by atoms with Gasteiger partial charge in [-0.15, -0.1) is 11.3 Å². The van der Waals surface area contributed by atoms with E-state index in [-0.39, 0.29) is 5.91 Å². The van der Waals surface area contributed by atoms with Crippen molar-refractivity contribution in [2.24, 2.45) is 0 Å². The van der Waals surface area contributed by atoms with Crippen LogP contribution in [0.5, 0.6) is 5.75 Å². The molecule has 3 aromatic rings. The number of benzene rings is 2. The quantitative estimate of drug-likeness (QED) is 0.558. The van der Waals surface area contributed by atoms with Crippen LogP contribution in [0.4, 0.5) is 5.13 Å². The standard InChI is InChI=1S/C20H19BrN2O2S/c1-3-14-7-9-15(10-8-14)18-12-26-20(22-18)23-19(24)13(2)25-17-6-4-5-16(21)11-17/h4-13H,3H2,1-2H3,(H,22,23,24). The Labute approximate surface area is 165 Å². The molecule has 1 aromatic heterocycles. The van der Waals surface area contributed by atoms with Gasteiger partial charge in [0.15, 0.2) is 11.2 Å². The van der Waals surface area contributed by atoms with Gasteiger partial charge in [0.2, 0.25) is 0 Å². The summed E-state index contributed by atoms with van der Waals surface area (Å²) in [7, 11) is 0. The van der Waals surface area contributed by atoms with Gasteiger partial charge in [-0.2, -0.15) is 0 Å². The zero-order valence-corrected chi connectivity index (χ0v) is 16.9. The number of thiazole rings is 1. The molecule has 0 bridgehead atoms. The van der Waals surface area contributed by atoms with E-state index in [4.69, 9.17) is 4.74 Å². The Morgan fingerprint density at radius 2 is 2.04 bits per heavy atom. The van der Waals surface area contributed by atoms with E-state index in [1.165, 1.54) is 16.9 Å². The van der Waals surface area contributed by atoms with E-state index in [2.05, 4.69) is 57.4 Å². The summed E-state index contributed by atoms with van der Waals surface area (Å²) in [4.78, 5) is 16.9. The monoisotopic (exact) mass is 430 g/mol. The third kappa shape index (κ3) is 4.71. The number of hydrogen-bond donors (Lipinski definition) is 1. The smallest absolute Gasteiger partial charge is 0.266 e. The predicted octanol–water partition coefficient (Wildman–Crippen LogP) is 5.54. The first-order valence-electron chi connectivity index (χ1n) is 8.33. The molecule has 1 heterocycles. The number of carbonyl (C=O) groups is 1. The number of hydrogen-bond acceptors (Lipinski definition) is 4. The molecule has 1 atom stereocenters. The SMILES string of the molecule is CCc1ccc(-c2csc(NC(=O)C(C)Oc3cccc(Br)c3)n2)cc1. The fourth-order valence-corrected chi connectivity index (χ4v) is 3.48. The van der Waals surface area contributed by atoms with Crippen LogP contribution in [0.25, 0.3) is 11.3 Å². The van der Waals surface area contributed by atoms with Crippen molar-refractivity contribution in [2.75, 3.05) is 5.32 Å². The predicted molar refractivity (Wildman–Crippen MR) is 110 cm³/mol. The van der Waals surface area contributed by atoms with Gasteiger partial charge in [-0.05, 0) is 37.1 Å². The van der Waals surface area contributed by atoms with Crippen molar-refractivity contribution in [3.63, 3.8) is 0 Å². The van der Waals surface area contributed by atoms with Crippen LogP contribution in [0.1, 0.15) is 19.4 Å². The van der Waals surface area contributed by atoms with Gasteiger partial charge < -0.3 is 4.74 Å². The topological polar surface area (TPSA) is 51.2 Å². The van der Waals surface area contributed by atoms with Crippen LogP contribution in [0.2, 0.25) is 0 Å². The average Bonchev–Trinajstić information content (AvgIpc) is 3.10. The summed E-state index contributed by atoms with van der Waals surface area (Å²) in [5, 5.41) is 5.33. The maximum absolute atomic E-state index is 12.3. The van der Waals surface area contributed by atoms with Gasteiger partial charge in [0.1, 0.15) is 5.75 Å². The Morgan fingerprint density at radius 3 is 2.73 bits per heavy atom. The van der Waals surface area contributed by atoms with Crippen molar-refractivity contribution in [1.82, 2.24) is 4.98 Å². The minimum atomic E-state index is -0.625. The van der Waals surface area contributed by atoms with Crippen LogP contribution in [0.3, 0.4) is 0 Å². The summed E-state index contributed by atoms with van der Waals surface area (Å²) in [6.07, 6.45) is 0.384. The van der Waals surface area contributed by atoms with Crippen molar-refractivity contribution < 1.29 is 9.53 Å². The Morgan fingerprint density at radius 1 is 1.27 bits per heavy atom. The van der Waals surface area contributed by atoms with Crippen LogP contribution in [-0.4, -0.2) is 17.0 Å². The maximum atomic E-state index is 12.3. The molecular formula is C20H19BrN2O2S. The van der Waals surface area contributed by atoms with E-state index in [9.17, 15) is 4.79 Å². The van der Waals surface area contributed by atoms with E-state index < -0.39 is 6.10 Å². The maximum Gasteiger partial charge on any atom is 0.266 e. The number of aryl methyl sites for hydroxylation is 1. The van der Waals surface area contributed by atoms with Crippen molar-refractivity contribution in [3.8, 4) is 17.0 Å². The van der Waals surface area contributed by atoms with Crippen molar-refractivity contribution in [1.29, 1.82) is 0 Å². The molecule has 2 aromatic carbocycles. The second-order valence-electron chi connectivity index (χ2n) is 5.80. The third-order valence-electron chi connectivity index (χ3n) is 3.87. The van der Waals surface area contributed by atoms with Gasteiger partial charge in [0, 0.05) is 15.4 Å². The molecule has 134 valence electrons. The first kappa shape index (κ1) is 18.6. The van der Waals surface area contributed by atoms with Gasteiger partial charge >= 0.3 is 0 Å². The molecular weight excluding hydrogens is 412 g/mol. The van der Waals surface area contributed by atoms with Crippen LogP contribution in [0, 0.1) is 0 Å². The number of carbonyl (C=O) groups excluding carboxylic acids is 1. The number of nitrogens with one attached hydrogen (secondary N) is 1. The summed E-state index contributed by atoms with van der Waals surface area (Å²) in [6.45, 7) is 3.84. The van der Waals surface area contributed by atoms with E-state index in [1.54, 1.807) is 6.92 Å². The summed E-state index contributed by atoms with van der Waals surface area (Å²) < 4.78 is 6.58. The molecule has 0 fully saturated rings. The van der Waals surface area contributed by atoms with E-state index in [1.807, 2.05) is 29.6 Å². The van der Waals surface area contributed by atoms with Crippen molar-refractivity contribution in [3.05, 3.63) is 63.9 Å². The highest BCUT2D eigenvalue weighted by Gasteiger charge is 2.17. The Hall–Kier alpha value is -2.18. The molecule has 1 N–H and O–H groups in total. The molecule has 0 radical (unpaired) electrons. The van der Waals surface area contributed by atoms with Gasteiger partial charge in [0.05, 0.1) is 5.69 Å². The normalized spacial score (nSPS) is 11.8. The number of amides is 1. The fourth-order valence-electron chi connectivity index (χ4n) is 2.38. The molecule has 0 saturated heterocycles. The van der Waals surface area contributed by atoms with Crippen LogP contribution in [0.15, 0.2) is 58.4 Å². The van der Waals surface area contributed by atoms with E-state index in [0.29, 0.717) is 10.9 Å².